The number of carbonyl (C=O) groups is 2. The Labute approximate surface area is 187 Å². The van der Waals surface area contributed by atoms with Crippen molar-refractivity contribution < 1.29 is 19.1 Å². The van der Waals surface area contributed by atoms with Gasteiger partial charge in [-0.1, -0.05) is 30.3 Å². The third kappa shape index (κ3) is 5.51. The van der Waals surface area contributed by atoms with Crippen LogP contribution in [0.1, 0.15) is 21.3 Å². The van der Waals surface area contributed by atoms with E-state index in [1.54, 1.807) is 49.1 Å². The molecule has 1 saturated heterocycles. The molecule has 2 atom stereocenters. The predicted octanol–water partition coefficient (Wildman–Crippen LogP) is 2.64. The van der Waals surface area contributed by atoms with Gasteiger partial charge in [0.15, 0.2) is 0 Å². The van der Waals surface area contributed by atoms with Gasteiger partial charge >= 0.3 is 0 Å². The standard InChI is InChI=1S/C23H29N3O4S/c1-25(2)11-10-24-21(27)20-15-31-23(16-8-6-5-7-9-16)26(20)22(28)17-12-18(29-3)14-19(13-17)30-4/h5-9,12-14,20,23H,10-11,15H2,1-4H3,(H,24,27). The number of amides is 2. The van der Waals surface area contributed by atoms with E-state index in [0.29, 0.717) is 29.4 Å². The Morgan fingerprint density at radius 3 is 2.32 bits per heavy atom. The second kappa shape index (κ2) is 10.5. The van der Waals surface area contributed by atoms with Gasteiger partial charge in [0.05, 0.1) is 14.2 Å². The predicted molar refractivity (Wildman–Crippen MR) is 123 cm³/mol. The normalized spacial score (nSPS) is 18.2. The van der Waals surface area contributed by atoms with Gasteiger partial charge in [-0.25, -0.2) is 0 Å². The van der Waals surface area contributed by atoms with Crippen molar-refractivity contribution in [2.45, 2.75) is 11.4 Å². The minimum absolute atomic E-state index is 0.143. The molecule has 2 amide bonds. The minimum Gasteiger partial charge on any atom is -0.497 e. The van der Waals surface area contributed by atoms with Crippen molar-refractivity contribution in [1.29, 1.82) is 0 Å². The number of methoxy groups -OCH3 is 2. The average molecular weight is 444 g/mol. The minimum atomic E-state index is -0.568. The van der Waals surface area contributed by atoms with E-state index in [2.05, 4.69) is 5.32 Å². The Morgan fingerprint density at radius 2 is 1.74 bits per heavy atom. The van der Waals surface area contributed by atoms with Crippen LogP contribution in [0, 0.1) is 0 Å². The molecular weight excluding hydrogens is 414 g/mol. The van der Waals surface area contributed by atoms with Gasteiger partial charge in [0, 0.05) is 30.5 Å². The zero-order valence-corrected chi connectivity index (χ0v) is 19.1. The van der Waals surface area contributed by atoms with Gasteiger partial charge in [0.2, 0.25) is 5.91 Å². The smallest absolute Gasteiger partial charge is 0.256 e. The van der Waals surface area contributed by atoms with E-state index in [-0.39, 0.29) is 17.2 Å². The van der Waals surface area contributed by atoms with Crippen LogP contribution in [0.15, 0.2) is 48.5 Å². The molecule has 1 aliphatic heterocycles. The molecule has 1 fully saturated rings. The zero-order chi connectivity index (χ0) is 22.4. The highest BCUT2D eigenvalue weighted by atomic mass is 32.2. The molecule has 1 heterocycles. The monoisotopic (exact) mass is 443 g/mol. The third-order valence-corrected chi connectivity index (χ3v) is 6.40. The number of carbonyl (C=O) groups excluding carboxylic acids is 2. The van der Waals surface area contributed by atoms with Crippen LogP contribution in [0.5, 0.6) is 11.5 Å². The van der Waals surface area contributed by atoms with Crippen molar-refractivity contribution in [3.8, 4) is 11.5 Å². The topological polar surface area (TPSA) is 71.1 Å². The van der Waals surface area contributed by atoms with E-state index in [4.69, 9.17) is 9.47 Å². The lowest BCUT2D eigenvalue weighted by molar-refractivity contribution is -0.124. The summed E-state index contributed by atoms with van der Waals surface area (Å²) >= 11 is 1.59. The summed E-state index contributed by atoms with van der Waals surface area (Å²) in [6.07, 6.45) is 0. The Kier molecular flexibility index (Phi) is 7.81. The van der Waals surface area contributed by atoms with Crippen molar-refractivity contribution >= 4 is 23.6 Å². The van der Waals surface area contributed by atoms with E-state index < -0.39 is 6.04 Å². The number of hydrogen-bond donors (Lipinski definition) is 1. The quantitative estimate of drug-likeness (QED) is 0.676. The summed E-state index contributed by atoms with van der Waals surface area (Å²) in [6, 6.07) is 14.3. The highest BCUT2D eigenvalue weighted by Crippen LogP contribution is 2.42. The molecule has 2 unspecified atom stereocenters. The van der Waals surface area contributed by atoms with Crippen LogP contribution in [0.25, 0.3) is 0 Å². The molecule has 0 radical (unpaired) electrons. The first kappa shape index (κ1) is 23.0. The molecule has 3 rings (SSSR count). The second-order valence-electron chi connectivity index (χ2n) is 7.52. The lowest BCUT2D eigenvalue weighted by Gasteiger charge is -2.29. The summed E-state index contributed by atoms with van der Waals surface area (Å²) in [6.45, 7) is 1.26. The maximum absolute atomic E-state index is 13.7. The largest absolute Gasteiger partial charge is 0.497 e. The van der Waals surface area contributed by atoms with Crippen molar-refractivity contribution in [3.05, 3.63) is 59.7 Å². The molecule has 0 aliphatic carbocycles. The maximum Gasteiger partial charge on any atom is 0.256 e. The van der Waals surface area contributed by atoms with Gasteiger partial charge in [-0.15, -0.1) is 11.8 Å². The lowest BCUT2D eigenvalue weighted by atomic mass is 10.1. The number of ether oxygens (including phenoxy) is 2. The van der Waals surface area contributed by atoms with E-state index in [9.17, 15) is 9.59 Å². The Balaban J connectivity index is 1.92. The summed E-state index contributed by atoms with van der Waals surface area (Å²) in [7, 11) is 7.00. The fourth-order valence-corrected chi connectivity index (χ4v) is 4.86. The molecule has 7 nitrogen and oxygen atoms in total. The molecule has 1 aliphatic rings. The molecule has 0 bridgehead atoms. The van der Waals surface area contributed by atoms with Gasteiger partial charge in [-0.3, -0.25) is 9.59 Å². The molecule has 1 N–H and O–H groups in total. The molecule has 166 valence electrons. The second-order valence-corrected chi connectivity index (χ2v) is 8.63. The SMILES string of the molecule is COc1cc(OC)cc(C(=O)N2C(C(=O)NCCN(C)C)CSC2c2ccccc2)c1. The van der Waals surface area contributed by atoms with Crippen LogP contribution in [-0.2, 0) is 4.79 Å². The van der Waals surface area contributed by atoms with Crippen LogP contribution >= 0.6 is 11.8 Å². The van der Waals surface area contributed by atoms with Crippen LogP contribution in [0.4, 0.5) is 0 Å². The van der Waals surface area contributed by atoms with E-state index in [1.807, 2.05) is 49.3 Å². The van der Waals surface area contributed by atoms with Crippen molar-refractivity contribution in [2.75, 3.05) is 47.2 Å². The number of benzene rings is 2. The number of rotatable bonds is 8. The van der Waals surface area contributed by atoms with E-state index in [0.717, 1.165) is 12.1 Å². The summed E-state index contributed by atoms with van der Waals surface area (Å²) in [4.78, 5) is 30.4. The molecule has 0 spiro atoms. The number of hydrogen-bond acceptors (Lipinski definition) is 6. The fraction of sp³-hybridized carbons (Fsp3) is 0.391. The molecule has 0 saturated carbocycles. The fourth-order valence-electron chi connectivity index (χ4n) is 3.43. The molecule has 31 heavy (non-hydrogen) atoms. The van der Waals surface area contributed by atoms with Crippen LogP contribution in [0.3, 0.4) is 0 Å². The summed E-state index contributed by atoms with van der Waals surface area (Å²) < 4.78 is 10.7. The van der Waals surface area contributed by atoms with E-state index >= 15 is 0 Å². The average Bonchev–Trinajstić information content (AvgIpc) is 3.23. The van der Waals surface area contributed by atoms with Crippen LogP contribution in [-0.4, -0.2) is 74.8 Å². The molecule has 8 heteroatoms. The van der Waals surface area contributed by atoms with Crippen molar-refractivity contribution in [3.63, 3.8) is 0 Å². The van der Waals surface area contributed by atoms with Crippen molar-refractivity contribution in [2.24, 2.45) is 0 Å². The maximum atomic E-state index is 13.7. The van der Waals surface area contributed by atoms with Crippen molar-refractivity contribution in [1.82, 2.24) is 15.1 Å². The molecule has 2 aromatic rings. The Bertz CT molecular complexity index is 885. The summed E-state index contributed by atoms with van der Waals surface area (Å²) in [5.74, 6) is 1.20. The number of thioether (sulfide) groups is 1. The summed E-state index contributed by atoms with van der Waals surface area (Å²) in [5, 5.41) is 2.72. The molecular formula is C23H29N3O4S. The van der Waals surface area contributed by atoms with Gasteiger partial charge < -0.3 is 24.6 Å². The molecule has 0 aromatic heterocycles. The highest BCUT2D eigenvalue weighted by Gasteiger charge is 2.42. The van der Waals surface area contributed by atoms with Gasteiger partial charge in [-0.2, -0.15) is 0 Å². The number of likely N-dealkylation sites (N-methyl/N-ethyl adjacent to an activating group) is 1. The lowest BCUT2D eigenvalue weighted by Crippen LogP contribution is -2.49. The highest BCUT2D eigenvalue weighted by molar-refractivity contribution is 7.99. The van der Waals surface area contributed by atoms with Crippen LogP contribution < -0.4 is 14.8 Å². The summed E-state index contributed by atoms with van der Waals surface area (Å²) in [5.41, 5.74) is 1.41. The number of nitrogens with one attached hydrogen (secondary N) is 1. The molecule has 2 aromatic carbocycles. The number of nitrogens with zero attached hydrogens (tertiary/aromatic N) is 2. The van der Waals surface area contributed by atoms with Gasteiger partial charge in [-0.05, 0) is 31.8 Å². The first-order chi connectivity index (χ1) is 14.9. The first-order valence-electron chi connectivity index (χ1n) is 10.1. The van der Waals surface area contributed by atoms with E-state index in [1.165, 1.54) is 0 Å². The van der Waals surface area contributed by atoms with Gasteiger partial charge in [0.1, 0.15) is 22.9 Å². The third-order valence-electron chi connectivity index (χ3n) is 5.08. The first-order valence-corrected chi connectivity index (χ1v) is 11.1. The Morgan fingerprint density at radius 1 is 1.10 bits per heavy atom. The van der Waals surface area contributed by atoms with Gasteiger partial charge in [0.25, 0.3) is 5.91 Å². The Hall–Kier alpha value is -2.71. The van der Waals surface area contributed by atoms with Crippen LogP contribution in [0.2, 0.25) is 0 Å². The zero-order valence-electron chi connectivity index (χ0n) is 18.3.